The third-order valence-electron chi connectivity index (χ3n) is 2.31. The summed E-state index contributed by atoms with van der Waals surface area (Å²) in [6.45, 7) is 3.05. The zero-order valence-electron chi connectivity index (χ0n) is 8.41. The fourth-order valence-corrected chi connectivity index (χ4v) is 1.57. The van der Waals surface area contributed by atoms with Crippen LogP contribution in [0.2, 0.25) is 0 Å². The largest absolute Gasteiger partial charge is 0.469 e. The van der Waals surface area contributed by atoms with Crippen LogP contribution in [0.3, 0.4) is 0 Å². The number of methoxy groups -OCH3 is 1. The minimum Gasteiger partial charge on any atom is -0.469 e. The second-order valence-corrected chi connectivity index (χ2v) is 3.15. The standard InChI is InChI=1S/C9H15NO4/c1-3-14-9(12)7-5-10-4-6(7)8(11)13-2/h6-7,10H,3-5H2,1-2H3. The first-order chi connectivity index (χ1) is 6.70. The number of esters is 2. The molecule has 5 heteroatoms. The Hall–Kier alpha value is -1.10. The van der Waals surface area contributed by atoms with Gasteiger partial charge in [-0.25, -0.2) is 0 Å². The van der Waals surface area contributed by atoms with Gasteiger partial charge < -0.3 is 14.8 Å². The number of rotatable bonds is 3. The monoisotopic (exact) mass is 201 g/mol. The van der Waals surface area contributed by atoms with Gasteiger partial charge in [0, 0.05) is 13.1 Å². The Morgan fingerprint density at radius 3 is 2.36 bits per heavy atom. The van der Waals surface area contributed by atoms with Crippen LogP contribution in [-0.2, 0) is 19.1 Å². The van der Waals surface area contributed by atoms with E-state index in [0.717, 1.165) is 0 Å². The van der Waals surface area contributed by atoms with E-state index < -0.39 is 11.8 Å². The minimum atomic E-state index is -0.404. The summed E-state index contributed by atoms with van der Waals surface area (Å²) in [7, 11) is 1.32. The van der Waals surface area contributed by atoms with Crippen molar-refractivity contribution in [3.05, 3.63) is 0 Å². The molecule has 0 amide bonds. The second-order valence-electron chi connectivity index (χ2n) is 3.15. The van der Waals surface area contributed by atoms with E-state index in [1.54, 1.807) is 6.92 Å². The number of ether oxygens (including phenoxy) is 2. The van der Waals surface area contributed by atoms with Crippen molar-refractivity contribution in [1.29, 1.82) is 0 Å². The Morgan fingerprint density at radius 1 is 1.29 bits per heavy atom. The van der Waals surface area contributed by atoms with E-state index >= 15 is 0 Å². The average Bonchev–Trinajstić information content (AvgIpc) is 2.65. The molecular formula is C9H15NO4. The number of hydrogen-bond acceptors (Lipinski definition) is 5. The molecule has 1 N–H and O–H groups in total. The van der Waals surface area contributed by atoms with Crippen molar-refractivity contribution < 1.29 is 19.1 Å². The molecule has 14 heavy (non-hydrogen) atoms. The molecule has 0 aromatic rings. The predicted octanol–water partition coefficient (Wildman–Crippen LogP) is -0.442. The molecule has 1 aliphatic heterocycles. The van der Waals surface area contributed by atoms with Gasteiger partial charge in [0.2, 0.25) is 0 Å². The fraction of sp³-hybridized carbons (Fsp3) is 0.778. The molecule has 0 aromatic heterocycles. The van der Waals surface area contributed by atoms with E-state index in [1.807, 2.05) is 0 Å². The van der Waals surface area contributed by atoms with Gasteiger partial charge in [-0.05, 0) is 6.92 Å². The molecule has 0 bridgehead atoms. The SMILES string of the molecule is CCOC(=O)C1CNCC1C(=O)OC. The lowest BCUT2D eigenvalue weighted by Gasteiger charge is -2.14. The quantitative estimate of drug-likeness (QED) is 0.627. The van der Waals surface area contributed by atoms with Gasteiger partial charge in [0.25, 0.3) is 0 Å². The van der Waals surface area contributed by atoms with Crippen LogP contribution in [0.5, 0.6) is 0 Å². The number of carbonyl (C=O) groups excluding carboxylic acids is 2. The maximum atomic E-state index is 11.4. The normalized spacial score (nSPS) is 25.9. The van der Waals surface area contributed by atoms with Gasteiger partial charge in [-0.3, -0.25) is 9.59 Å². The third-order valence-corrected chi connectivity index (χ3v) is 2.31. The summed E-state index contributed by atoms with van der Waals surface area (Å²) in [5.41, 5.74) is 0. The molecule has 0 saturated carbocycles. The molecule has 0 aromatic carbocycles. The topological polar surface area (TPSA) is 64.6 Å². The molecule has 0 aliphatic carbocycles. The van der Waals surface area contributed by atoms with Crippen molar-refractivity contribution in [2.24, 2.45) is 11.8 Å². The Kier molecular flexibility index (Phi) is 3.88. The minimum absolute atomic E-state index is 0.326. The Morgan fingerprint density at radius 2 is 1.86 bits per heavy atom. The van der Waals surface area contributed by atoms with E-state index in [4.69, 9.17) is 4.74 Å². The summed E-state index contributed by atoms with van der Waals surface area (Å²) in [6.07, 6.45) is 0. The first kappa shape index (κ1) is 11.0. The molecule has 0 radical (unpaired) electrons. The lowest BCUT2D eigenvalue weighted by Crippen LogP contribution is -2.30. The number of carbonyl (C=O) groups is 2. The maximum Gasteiger partial charge on any atom is 0.311 e. The van der Waals surface area contributed by atoms with Crippen molar-refractivity contribution in [2.75, 3.05) is 26.8 Å². The third kappa shape index (κ3) is 2.23. The molecule has 5 nitrogen and oxygen atoms in total. The Bertz CT molecular complexity index is 229. The molecule has 1 rings (SSSR count). The highest BCUT2D eigenvalue weighted by Crippen LogP contribution is 2.19. The highest BCUT2D eigenvalue weighted by atomic mass is 16.5. The molecule has 80 valence electrons. The molecule has 1 heterocycles. The number of hydrogen-bond donors (Lipinski definition) is 1. The van der Waals surface area contributed by atoms with E-state index in [-0.39, 0.29) is 11.9 Å². The molecule has 2 atom stereocenters. The van der Waals surface area contributed by atoms with Crippen molar-refractivity contribution in [2.45, 2.75) is 6.92 Å². The molecule has 1 saturated heterocycles. The van der Waals surface area contributed by atoms with E-state index in [0.29, 0.717) is 19.7 Å². The van der Waals surface area contributed by atoms with Crippen molar-refractivity contribution in [3.63, 3.8) is 0 Å². The lowest BCUT2D eigenvalue weighted by molar-refractivity contribution is -0.156. The van der Waals surface area contributed by atoms with Gasteiger partial charge in [-0.1, -0.05) is 0 Å². The maximum absolute atomic E-state index is 11.4. The van der Waals surface area contributed by atoms with E-state index in [9.17, 15) is 9.59 Å². The van der Waals surface area contributed by atoms with Crippen LogP contribution < -0.4 is 5.32 Å². The van der Waals surface area contributed by atoms with Crippen LogP contribution in [-0.4, -0.2) is 38.7 Å². The highest BCUT2D eigenvalue weighted by Gasteiger charge is 2.39. The van der Waals surface area contributed by atoms with Gasteiger partial charge in [0.1, 0.15) is 0 Å². The molecule has 1 fully saturated rings. The van der Waals surface area contributed by atoms with Crippen LogP contribution >= 0.6 is 0 Å². The van der Waals surface area contributed by atoms with E-state index in [2.05, 4.69) is 10.1 Å². The molecule has 2 unspecified atom stereocenters. The zero-order valence-corrected chi connectivity index (χ0v) is 8.41. The van der Waals surface area contributed by atoms with Crippen LogP contribution in [0.15, 0.2) is 0 Å². The highest BCUT2D eigenvalue weighted by molar-refractivity contribution is 5.83. The number of nitrogens with one attached hydrogen (secondary N) is 1. The van der Waals surface area contributed by atoms with Crippen LogP contribution in [0.25, 0.3) is 0 Å². The van der Waals surface area contributed by atoms with Crippen LogP contribution in [0.4, 0.5) is 0 Å². The van der Waals surface area contributed by atoms with Crippen molar-refractivity contribution in [3.8, 4) is 0 Å². The van der Waals surface area contributed by atoms with Gasteiger partial charge >= 0.3 is 11.9 Å². The Balaban J connectivity index is 2.59. The summed E-state index contributed by atoms with van der Waals surface area (Å²) in [5, 5.41) is 2.98. The Labute approximate surface area is 82.8 Å². The zero-order chi connectivity index (χ0) is 10.6. The van der Waals surface area contributed by atoms with E-state index in [1.165, 1.54) is 7.11 Å². The molecule has 1 aliphatic rings. The second kappa shape index (κ2) is 4.95. The smallest absolute Gasteiger partial charge is 0.311 e. The summed E-state index contributed by atoms with van der Waals surface area (Å²) < 4.78 is 9.47. The first-order valence-electron chi connectivity index (χ1n) is 4.65. The van der Waals surface area contributed by atoms with Crippen molar-refractivity contribution in [1.82, 2.24) is 5.32 Å². The summed E-state index contributed by atoms with van der Waals surface area (Å²) in [6, 6.07) is 0. The van der Waals surface area contributed by atoms with Crippen LogP contribution in [0, 0.1) is 11.8 Å². The van der Waals surface area contributed by atoms with Gasteiger partial charge in [0.15, 0.2) is 0 Å². The molecule has 0 spiro atoms. The molecular weight excluding hydrogens is 186 g/mol. The van der Waals surface area contributed by atoms with Crippen LogP contribution in [0.1, 0.15) is 6.92 Å². The van der Waals surface area contributed by atoms with Gasteiger partial charge in [-0.15, -0.1) is 0 Å². The first-order valence-corrected chi connectivity index (χ1v) is 4.65. The summed E-state index contributed by atoms with van der Waals surface area (Å²) in [4.78, 5) is 22.7. The lowest BCUT2D eigenvalue weighted by atomic mass is 9.96. The predicted molar refractivity (Wildman–Crippen MR) is 48.5 cm³/mol. The summed E-state index contributed by atoms with van der Waals surface area (Å²) in [5.74, 6) is -1.48. The summed E-state index contributed by atoms with van der Waals surface area (Å²) >= 11 is 0. The van der Waals surface area contributed by atoms with Gasteiger partial charge in [-0.2, -0.15) is 0 Å². The fourth-order valence-electron chi connectivity index (χ4n) is 1.57. The van der Waals surface area contributed by atoms with Crippen molar-refractivity contribution >= 4 is 11.9 Å². The van der Waals surface area contributed by atoms with Gasteiger partial charge in [0.05, 0.1) is 25.6 Å². The average molecular weight is 201 g/mol.